The molecule has 1 amide bonds. The lowest BCUT2D eigenvalue weighted by molar-refractivity contribution is -0.133. The lowest BCUT2D eigenvalue weighted by atomic mass is 10.2. The Bertz CT molecular complexity index is 787. The van der Waals surface area contributed by atoms with Crippen molar-refractivity contribution in [2.45, 2.75) is 26.4 Å². The third-order valence-electron chi connectivity index (χ3n) is 4.70. The molecule has 0 spiro atoms. The minimum atomic E-state index is 0.185. The van der Waals surface area contributed by atoms with Crippen LogP contribution in [0.2, 0.25) is 10.0 Å². The van der Waals surface area contributed by atoms with Crippen molar-refractivity contribution >= 4 is 45.0 Å². The third kappa shape index (κ3) is 4.80. The molecule has 8 heteroatoms. The number of nitrogens with zero attached hydrogens (tertiary/aromatic N) is 4. The summed E-state index contributed by atoms with van der Waals surface area (Å²) in [7, 11) is 0. The predicted octanol–water partition coefficient (Wildman–Crippen LogP) is 4.00. The van der Waals surface area contributed by atoms with Gasteiger partial charge in [-0.05, 0) is 40.5 Å². The number of aryl methyl sites for hydroxylation is 1. The Morgan fingerprint density at radius 3 is 2.54 bits per heavy atom. The zero-order valence-electron chi connectivity index (χ0n) is 14.6. The molecule has 2 aromatic rings. The number of rotatable bonds is 5. The Labute approximate surface area is 172 Å². The number of piperazine rings is 1. The van der Waals surface area contributed by atoms with Gasteiger partial charge in [0.2, 0.25) is 5.91 Å². The van der Waals surface area contributed by atoms with Gasteiger partial charge in [-0.3, -0.25) is 14.4 Å². The highest BCUT2D eigenvalue weighted by atomic mass is 79.9. The molecule has 3 rings (SSSR count). The number of carbonyl (C=O) groups excluding carboxylic acids is 1. The van der Waals surface area contributed by atoms with E-state index in [1.807, 2.05) is 34.7 Å². The molecule has 0 unspecified atom stereocenters. The summed E-state index contributed by atoms with van der Waals surface area (Å²) in [6.07, 6.45) is 2.24. The first-order valence-corrected chi connectivity index (χ1v) is 10.1. The van der Waals surface area contributed by atoms with E-state index in [-0.39, 0.29) is 5.91 Å². The first-order chi connectivity index (χ1) is 12.4. The van der Waals surface area contributed by atoms with Gasteiger partial charge in [-0.2, -0.15) is 5.10 Å². The van der Waals surface area contributed by atoms with Crippen molar-refractivity contribution in [2.24, 2.45) is 0 Å². The van der Waals surface area contributed by atoms with Crippen LogP contribution in [0.15, 0.2) is 28.9 Å². The van der Waals surface area contributed by atoms with Gasteiger partial charge in [0.25, 0.3) is 0 Å². The average molecular weight is 460 g/mol. The number of carbonyl (C=O) groups is 1. The van der Waals surface area contributed by atoms with Gasteiger partial charge in [0, 0.05) is 51.4 Å². The molecule has 2 heterocycles. The van der Waals surface area contributed by atoms with Crippen LogP contribution in [-0.4, -0.2) is 51.7 Å². The highest BCUT2D eigenvalue weighted by Gasteiger charge is 2.21. The van der Waals surface area contributed by atoms with Crippen LogP contribution in [0.4, 0.5) is 0 Å². The van der Waals surface area contributed by atoms with E-state index in [0.717, 1.165) is 48.5 Å². The van der Waals surface area contributed by atoms with E-state index in [1.54, 1.807) is 6.20 Å². The zero-order chi connectivity index (χ0) is 18.7. The highest BCUT2D eigenvalue weighted by molar-refractivity contribution is 9.10. The van der Waals surface area contributed by atoms with Crippen LogP contribution in [0.3, 0.4) is 0 Å². The van der Waals surface area contributed by atoms with Crippen LogP contribution in [0, 0.1) is 6.92 Å². The Morgan fingerprint density at radius 2 is 1.92 bits per heavy atom. The second-order valence-corrected chi connectivity index (χ2v) is 8.13. The van der Waals surface area contributed by atoms with Gasteiger partial charge in [-0.15, -0.1) is 0 Å². The molecule has 5 nitrogen and oxygen atoms in total. The molecule has 0 N–H and O–H groups in total. The number of hydrogen-bond acceptors (Lipinski definition) is 3. The maximum Gasteiger partial charge on any atom is 0.224 e. The Hall–Kier alpha value is -1.08. The molecule has 1 aliphatic heterocycles. The lowest BCUT2D eigenvalue weighted by Crippen LogP contribution is -2.48. The molecule has 0 atom stereocenters. The fourth-order valence-electron chi connectivity index (χ4n) is 3.06. The number of halogens is 3. The van der Waals surface area contributed by atoms with Crippen LogP contribution < -0.4 is 0 Å². The largest absolute Gasteiger partial charge is 0.340 e. The van der Waals surface area contributed by atoms with E-state index in [9.17, 15) is 4.79 Å². The van der Waals surface area contributed by atoms with Gasteiger partial charge in [-0.25, -0.2) is 0 Å². The summed E-state index contributed by atoms with van der Waals surface area (Å²) < 4.78 is 2.84. The van der Waals surface area contributed by atoms with Gasteiger partial charge in [0.15, 0.2) is 0 Å². The second kappa shape index (κ2) is 8.74. The van der Waals surface area contributed by atoms with Crippen molar-refractivity contribution in [3.05, 3.63) is 50.2 Å². The molecule has 140 valence electrons. The number of benzene rings is 1. The summed E-state index contributed by atoms with van der Waals surface area (Å²) in [5.74, 6) is 0.185. The molecule has 1 aromatic heterocycles. The summed E-state index contributed by atoms with van der Waals surface area (Å²) in [5.41, 5.74) is 2.18. The SMILES string of the molecule is Cc1c(Br)cnn1CCC(=O)N1CCN(Cc2ccc(Cl)c(Cl)c2)CC1. The van der Waals surface area contributed by atoms with E-state index in [2.05, 4.69) is 25.9 Å². The standard InChI is InChI=1S/C18H21BrCl2N4O/c1-13-15(19)11-22-25(13)5-4-18(26)24-8-6-23(7-9-24)12-14-2-3-16(20)17(21)10-14/h2-3,10-11H,4-9,12H2,1H3. The molecule has 1 aromatic carbocycles. The number of amides is 1. The summed E-state index contributed by atoms with van der Waals surface area (Å²) in [5, 5.41) is 5.43. The van der Waals surface area contributed by atoms with E-state index in [0.29, 0.717) is 23.0 Å². The Balaban J connectivity index is 1.46. The summed E-state index contributed by atoms with van der Waals surface area (Å²) in [6, 6.07) is 5.73. The van der Waals surface area contributed by atoms with Gasteiger partial charge in [0.05, 0.1) is 20.7 Å². The monoisotopic (exact) mass is 458 g/mol. The second-order valence-electron chi connectivity index (χ2n) is 6.46. The van der Waals surface area contributed by atoms with Gasteiger partial charge >= 0.3 is 0 Å². The summed E-state index contributed by atoms with van der Waals surface area (Å²) in [4.78, 5) is 16.7. The fraction of sp³-hybridized carbons (Fsp3) is 0.444. The minimum Gasteiger partial charge on any atom is -0.340 e. The van der Waals surface area contributed by atoms with E-state index in [4.69, 9.17) is 23.2 Å². The van der Waals surface area contributed by atoms with Crippen LogP contribution in [0.5, 0.6) is 0 Å². The minimum absolute atomic E-state index is 0.185. The van der Waals surface area contributed by atoms with E-state index in [1.165, 1.54) is 0 Å². The smallest absolute Gasteiger partial charge is 0.224 e. The van der Waals surface area contributed by atoms with Crippen LogP contribution in [0.25, 0.3) is 0 Å². The van der Waals surface area contributed by atoms with Crippen molar-refractivity contribution in [3.8, 4) is 0 Å². The maximum absolute atomic E-state index is 12.5. The van der Waals surface area contributed by atoms with Crippen molar-refractivity contribution < 1.29 is 4.79 Å². The van der Waals surface area contributed by atoms with Gasteiger partial charge in [-0.1, -0.05) is 29.3 Å². The molecular formula is C18H21BrCl2N4O. The van der Waals surface area contributed by atoms with Crippen LogP contribution in [-0.2, 0) is 17.9 Å². The normalized spacial score (nSPS) is 15.5. The van der Waals surface area contributed by atoms with Crippen molar-refractivity contribution in [1.82, 2.24) is 19.6 Å². The molecule has 1 aliphatic rings. The molecular weight excluding hydrogens is 439 g/mol. The molecule has 1 saturated heterocycles. The Morgan fingerprint density at radius 1 is 1.19 bits per heavy atom. The first kappa shape index (κ1) is 19.7. The molecule has 0 saturated carbocycles. The average Bonchev–Trinajstić information content (AvgIpc) is 2.95. The van der Waals surface area contributed by atoms with Crippen LogP contribution >= 0.6 is 39.1 Å². The maximum atomic E-state index is 12.5. The zero-order valence-corrected chi connectivity index (χ0v) is 17.7. The molecule has 0 bridgehead atoms. The molecule has 26 heavy (non-hydrogen) atoms. The predicted molar refractivity (Wildman–Crippen MR) is 108 cm³/mol. The molecule has 1 fully saturated rings. The van der Waals surface area contributed by atoms with Gasteiger partial charge in [0.1, 0.15) is 0 Å². The topological polar surface area (TPSA) is 41.4 Å². The summed E-state index contributed by atoms with van der Waals surface area (Å²) in [6.45, 7) is 6.64. The number of hydrogen-bond donors (Lipinski definition) is 0. The Kier molecular flexibility index (Phi) is 6.61. The first-order valence-electron chi connectivity index (χ1n) is 8.56. The number of aromatic nitrogens is 2. The van der Waals surface area contributed by atoms with E-state index >= 15 is 0 Å². The van der Waals surface area contributed by atoms with Crippen LogP contribution in [0.1, 0.15) is 17.7 Å². The van der Waals surface area contributed by atoms with E-state index < -0.39 is 0 Å². The van der Waals surface area contributed by atoms with Crippen molar-refractivity contribution in [2.75, 3.05) is 26.2 Å². The van der Waals surface area contributed by atoms with Crippen molar-refractivity contribution in [3.63, 3.8) is 0 Å². The molecule has 0 aliphatic carbocycles. The fourth-order valence-corrected chi connectivity index (χ4v) is 3.68. The lowest BCUT2D eigenvalue weighted by Gasteiger charge is -2.35. The quantitative estimate of drug-likeness (QED) is 0.678. The molecule has 0 radical (unpaired) electrons. The third-order valence-corrected chi connectivity index (χ3v) is 6.21. The highest BCUT2D eigenvalue weighted by Crippen LogP contribution is 2.23. The van der Waals surface area contributed by atoms with Gasteiger partial charge < -0.3 is 4.90 Å². The van der Waals surface area contributed by atoms with Crippen molar-refractivity contribution in [1.29, 1.82) is 0 Å². The summed E-state index contributed by atoms with van der Waals surface area (Å²) >= 11 is 15.5.